The smallest absolute Gasteiger partial charge is 0.236 e. The minimum atomic E-state index is -3.52. The van der Waals surface area contributed by atoms with E-state index in [4.69, 9.17) is 28.9 Å². The molecule has 3 N–H and O–H groups in total. The van der Waals surface area contributed by atoms with Crippen LogP contribution >= 0.6 is 23.2 Å². The molecule has 7 heteroatoms. The van der Waals surface area contributed by atoms with Crippen molar-refractivity contribution in [2.24, 2.45) is 5.73 Å². The van der Waals surface area contributed by atoms with Gasteiger partial charge in [0.05, 0.1) is 21.0 Å². The maximum Gasteiger partial charge on any atom is 0.236 e. The molecule has 0 aliphatic carbocycles. The molecule has 1 unspecified atom stereocenters. The van der Waals surface area contributed by atoms with Gasteiger partial charge in [-0.15, -0.1) is 0 Å². The molecule has 0 radical (unpaired) electrons. The number of rotatable bonds is 4. The van der Waals surface area contributed by atoms with E-state index in [1.165, 1.54) is 13.0 Å². The number of nitrogens with one attached hydrogen (secondary N) is 1. The van der Waals surface area contributed by atoms with Crippen LogP contribution in [0.15, 0.2) is 18.2 Å². The first-order chi connectivity index (χ1) is 7.38. The van der Waals surface area contributed by atoms with Gasteiger partial charge in [-0.1, -0.05) is 29.3 Å². The molecule has 16 heavy (non-hydrogen) atoms. The van der Waals surface area contributed by atoms with Gasteiger partial charge in [-0.2, -0.15) is 0 Å². The number of benzene rings is 1. The van der Waals surface area contributed by atoms with Gasteiger partial charge >= 0.3 is 0 Å². The van der Waals surface area contributed by atoms with E-state index in [9.17, 15) is 8.42 Å². The highest BCUT2D eigenvalue weighted by Crippen LogP contribution is 2.30. The van der Waals surface area contributed by atoms with Gasteiger partial charge in [0.25, 0.3) is 0 Å². The average molecular weight is 283 g/mol. The fourth-order valence-electron chi connectivity index (χ4n) is 0.963. The predicted octanol–water partition coefficient (Wildman–Crippen LogP) is 2.08. The minimum Gasteiger partial charge on any atom is -0.329 e. The second kappa shape index (κ2) is 5.23. The number of hydrogen-bond acceptors (Lipinski definition) is 3. The highest BCUT2D eigenvalue weighted by molar-refractivity contribution is 7.93. The van der Waals surface area contributed by atoms with Gasteiger partial charge in [0.2, 0.25) is 10.0 Å². The lowest BCUT2D eigenvalue weighted by Gasteiger charge is -2.14. The Labute approximate surface area is 105 Å². The summed E-state index contributed by atoms with van der Waals surface area (Å²) in [5.74, 6) is 0. The minimum absolute atomic E-state index is 0.0352. The number of halogens is 2. The summed E-state index contributed by atoms with van der Waals surface area (Å²) in [5, 5.41) is -0.221. The second-order valence-electron chi connectivity index (χ2n) is 3.29. The van der Waals surface area contributed by atoms with Gasteiger partial charge < -0.3 is 5.73 Å². The molecule has 0 fully saturated rings. The Hall–Kier alpha value is -0.490. The summed E-state index contributed by atoms with van der Waals surface area (Å²) < 4.78 is 25.8. The van der Waals surface area contributed by atoms with Crippen molar-refractivity contribution in [3.63, 3.8) is 0 Å². The van der Waals surface area contributed by atoms with Crippen molar-refractivity contribution in [2.45, 2.75) is 12.2 Å². The van der Waals surface area contributed by atoms with Crippen molar-refractivity contribution in [3.8, 4) is 0 Å². The van der Waals surface area contributed by atoms with Crippen LogP contribution in [0.25, 0.3) is 0 Å². The van der Waals surface area contributed by atoms with E-state index >= 15 is 0 Å². The van der Waals surface area contributed by atoms with Crippen LogP contribution in [-0.4, -0.2) is 20.2 Å². The Balaban J connectivity index is 3.02. The number of sulfonamides is 1. The first-order valence-corrected chi connectivity index (χ1v) is 6.84. The average Bonchev–Trinajstić information content (AvgIpc) is 2.23. The first kappa shape index (κ1) is 13.6. The quantitative estimate of drug-likeness (QED) is 0.888. The Kier molecular flexibility index (Phi) is 4.43. The van der Waals surface area contributed by atoms with E-state index in [-0.39, 0.29) is 17.3 Å². The molecule has 0 amide bonds. The molecule has 0 saturated heterocycles. The monoisotopic (exact) mass is 282 g/mol. The van der Waals surface area contributed by atoms with E-state index in [0.717, 1.165) is 0 Å². The highest BCUT2D eigenvalue weighted by Gasteiger charge is 2.20. The summed E-state index contributed by atoms with van der Waals surface area (Å²) in [6.07, 6.45) is 0. The van der Waals surface area contributed by atoms with Crippen molar-refractivity contribution in [1.29, 1.82) is 0 Å². The molecule has 1 aromatic carbocycles. The van der Waals surface area contributed by atoms with Crippen LogP contribution in [0.3, 0.4) is 0 Å². The molecule has 0 spiro atoms. The normalized spacial score (nSPS) is 13.5. The van der Waals surface area contributed by atoms with Gasteiger partial charge in [0.1, 0.15) is 0 Å². The summed E-state index contributed by atoms with van der Waals surface area (Å²) >= 11 is 11.6. The van der Waals surface area contributed by atoms with E-state index in [1.807, 2.05) is 0 Å². The molecule has 0 saturated carbocycles. The molecule has 1 rings (SSSR count). The Morgan fingerprint density at radius 3 is 2.62 bits per heavy atom. The molecule has 0 aromatic heterocycles. The fourth-order valence-corrected chi connectivity index (χ4v) is 2.30. The molecule has 0 bridgehead atoms. The highest BCUT2D eigenvalue weighted by atomic mass is 35.5. The Bertz CT molecular complexity index is 476. The summed E-state index contributed by atoms with van der Waals surface area (Å²) in [5.41, 5.74) is 5.56. The van der Waals surface area contributed by atoms with E-state index < -0.39 is 15.3 Å². The second-order valence-corrected chi connectivity index (χ2v) is 6.18. The fraction of sp³-hybridized carbons (Fsp3) is 0.333. The van der Waals surface area contributed by atoms with E-state index in [2.05, 4.69) is 4.72 Å². The standard InChI is InChI=1S/C9H12Cl2N2O2S/c1-6(5-12)16(14,15)13-8-4-2-3-7(10)9(8)11/h2-4,6,13H,5,12H2,1H3. The topological polar surface area (TPSA) is 72.2 Å². The summed E-state index contributed by atoms with van der Waals surface area (Å²) in [7, 11) is -3.52. The number of nitrogens with two attached hydrogens (primary N) is 1. The molecule has 0 aliphatic rings. The van der Waals surface area contributed by atoms with Gasteiger partial charge in [-0.3, -0.25) is 4.72 Å². The van der Waals surface area contributed by atoms with Crippen molar-refractivity contribution < 1.29 is 8.42 Å². The van der Waals surface area contributed by atoms with Crippen LogP contribution in [0.4, 0.5) is 5.69 Å². The van der Waals surface area contributed by atoms with Crippen molar-refractivity contribution in [3.05, 3.63) is 28.2 Å². The summed E-state index contributed by atoms with van der Waals surface area (Å²) in [4.78, 5) is 0. The molecular weight excluding hydrogens is 271 g/mol. The zero-order chi connectivity index (χ0) is 12.3. The Morgan fingerprint density at radius 2 is 2.06 bits per heavy atom. The van der Waals surface area contributed by atoms with Crippen LogP contribution in [0.5, 0.6) is 0 Å². The maximum absolute atomic E-state index is 11.7. The zero-order valence-corrected chi connectivity index (χ0v) is 10.9. The lowest BCUT2D eigenvalue weighted by atomic mass is 10.3. The van der Waals surface area contributed by atoms with Gasteiger partial charge in [-0.05, 0) is 19.1 Å². The zero-order valence-electron chi connectivity index (χ0n) is 8.57. The van der Waals surface area contributed by atoms with Crippen molar-refractivity contribution in [2.75, 3.05) is 11.3 Å². The molecule has 90 valence electrons. The lowest BCUT2D eigenvalue weighted by Crippen LogP contribution is -2.31. The third-order valence-electron chi connectivity index (χ3n) is 2.07. The van der Waals surface area contributed by atoms with Crippen molar-refractivity contribution >= 4 is 38.9 Å². The SMILES string of the molecule is CC(CN)S(=O)(=O)Nc1cccc(Cl)c1Cl. The molecule has 0 heterocycles. The molecule has 0 aliphatic heterocycles. The third kappa shape index (κ3) is 3.01. The number of anilines is 1. The van der Waals surface area contributed by atoms with Crippen LogP contribution in [0, 0.1) is 0 Å². The van der Waals surface area contributed by atoms with Gasteiger partial charge in [0, 0.05) is 6.54 Å². The Morgan fingerprint density at radius 1 is 1.44 bits per heavy atom. The third-order valence-corrected chi connectivity index (χ3v) is 4.64. The summed E-state index contributed by atoms with van der Waals surface area (Å²) in [6, 6.07) is 4.72. The summed E-state index contributed by atoms with van der Waals surface area (Å²) in [6.45, 7) is 1.55. The maximum atomic E-state index is 11.7. The molecular formula is C9H12Cl2N2O2S. The predicted molar refractivity (Wildman–Crippen MR) is 67.5 cm³/mol. The molecule has 1 aromatic rings. The van der Waals surface area contributed by atoms with Crippen LogP contribution in [0.2, 0.25) is 10.0 Å². The lowest BCUT2D eigenvalue weighted by molar-refractivity contribution is 0.589. The van der Waals surface area contributed by atoms with Gasteiger partial charge in [0.15, 0.2) is 0 Å². The van der Waals surface area contributed by atoms with Gasteiger partial charge in [-0.25, -0.2) is 8.42 Å². The van der Waals surface area contributed by atoms with Crippen LogP contribution < -0.4 is 10.5 Å². The molecule has 1 atom stereocenters. The van der Waals surface area contributed by atoms with Crippen LogP contribution in [-0.2, 0) is 10.0 Å². The first-order valence-electron chi connectivity index (χ1n) is 4.54. The van der Waals surface area contributed by atoms with E-state index in [1.54, 1.807) is 12.1 Å². The molecule has 4 nitrogen and oxygen atoms in total. The number of hydrogen-bond donors (Lipinski definition) is 2. The largest absolute Gasteiger partial charge is 0.329 e. The van der Waals surface area contributed by atoms with Crippen LogP contribution in [0.1, 0.15) is 6.92 Å². The van der Waals surface area contributed by atoms with Crippen molar-refractivity contribution in [1.82, 2.24) is 0 Å². The van der Waals surface area contributed by atoms with E-state index in [0.29, 0.717) is 5.02 Å².